The molecular formula is C20H22N4. The molecule has 0 radical (unpaired) electrons. The molecule has 24 heavy (non-hydrogen) atoms. The van der Waals surface area contributed by atoms with Crippen LogP contribution < -0.4 is 10.3 Å². The average Bonchev–Trinajstić information content (AvgIpc) is 2.64. The lowest BCUT2D eigenvalue weighted by atomic mass is 10.2. The molecule has 122 valence electrons. The highest BCUT2D eigenvalue weighted by molar-refractivity contribution is 5.82. The molecule has 0 aliphatic carbocycles. The summed E-state index contributed by atoms with van der Waals surface area (Å²) in [5.74, 6) is 0.740. The number of benzene rings is 2. The molecule has 0 spiro atoms. The van der Waals surface area contributed by atoms with E-state index in [0.29, 0.717) is 0 Å². The third-order valence-corrected chi connectivity index (χ3v) is 4.01. The fourth-order valence-electron chi connectivity index (χ4n) is 2.66. The van der Waals surface area contributed by atoms with Crippen LogP contribution in [-0.2, 0) is 0 Å². The van der Waals surface area contributed by atoms with Crippen LogP contribution in [0.2, 0.25) is 0 Å². The van der Waals surface area contributed by atoms with E-state index in [9.17, 15) is 0 Å². The monoisotopic (exact) mass is 318 g/mol. The summed E-state index contributed by atoms with van der Waals surface area (Å²) in [6.07, 6.45) is 1.81. The first kappa shape index (κ1) is 16.0. The highest BCUT2D eigenvalue weighted by Crippen LogP contribution is 2.15. The molecule has 2 aromatic carbocycles. The van der Waals surface area contributed by atoms with E-state index in [1.807, 2.05) is 42.6 Å². The minimum Gasteiger partial charge on any atom is -0.372 e. The van der Waals surface area contributed by atoms with Crippen molar-refractivity contribution in [3.8, 4) is 0 Å². The van der Waals surface area contributed by atoms with E-state index in [-0.39, 0.29) is 0 Å². The van der Waals surface area contributed by atoms with Gasteiger partial charge in [0, 0.05) is 24.2 Å². The molecule has 0 saturated carbocycles. The summed E-state index contributed by atoms with van der Waals surface area (Å²) >= 11 is 0. The SMILES string of the molecule is CCN(CC)c1ccc(/C=N/Nc2ccc3ccccc3n2)cc1. The van der Waals surface area contributed by atoms with Crippen LogP contribution in [0.4, 0.5) is 11.5 Å². The standard InChI is InChI=1S/C20H22N4/c1-3-24(4-2)18-12-9-16(10-13-18)15-21-23-20-14-11-17-7-5-6-8-19(17)22-20/h5-15H,3-4H2,1-2H3,(H,22,23)/b21-15+. The Morgan fingerprint density at radius 2 is 1.71 bits per heavy atom. The molecule has 1 N–H and O–H groups in total. The molecule has 0 unspecified atom stereocenters. The zero-order chi connectivity index (χ0) is 16.8. The van der Waals surface area contributed by atoms with Crippen LogP contribution in [0.25, 0.3) is 10.9 Å². The predicted octanol–water partition coefficient (Wildman–Crippen LogP) is 4.53. The molecule has 4 nitrogen and oxygen atoms in total. The van der Waals surface area contributed by atoms with Gasteiger partial charge in [0.25, 0.3) is 0 Å². The molecule has 0 fully saturated rings. The molecule has 0 aliphatic rings. The van der Waals surface area contributed by atoms with E-state index in [1.54, 1.807) is 0 Å². The van der Waals surface area contributed by atoms with E-state index >= 15 is 0 Å². The highest BCUT2D eigenvalue weighted by atomic mass is 15.3. The van der Waals surface area contributed by atoms with Gasteiger partial charge in [-0.3, -0.25) is 5.43 Å². The van der Waals surface area contributed by atoms with Gasteiger partial charge in [0.15, 0.2) is 0 Å². The first-order chi connectivity index (χ1) is 11.8. The lowest BCUT2D eigenvalue weighted by Crippen LogP contribution is -2.21. The fraction of sp³-hybridized carbons (Fsp3) is 0.200. The van der Waals surface area contributed by atoms with Crippen molar-refractivity contribution in [2.75, 3.05) is 23.4 Å². The number of para-hydroxylation sites is 1. The van der Waals surface area contributed by atoms with Gasteiger partial charge < -0.3 is 4.90 Å². The van der Waals surface area contributed by atoms with Crippen molar-refractivity contribution in [2.45, 2.75) is 13.8 Å². The van der Waals surface area contributed by atoms with Gasteiger partial charge in [0.05, 0.1) is 11.7 Å². The Morgan fingerprint density at radius 1 is 0.958 bits per heavy atom. The largest absolute Gasteiger partial charge is 0.372 e. The second-order valence-electron chi connectivity index (χ2n) is 5.52. The Bertz CT molecular complexity index is 820. The summed E-state index contributed by atoms with van der Waals surface area (Å²) in [4.78, 5) is 6.85. The number of nitrogens with one attached hydrogen (secondary N) is 1. The predicted molar refractivity (Wildman–Crippen MR) is 103 cm³/mol. The first-order valence-electron chi connectivity index (χ1n) is 8.30. The smallest absolute Gasteiger partial charge is 0.146 e. The van der Waals surface area contributed by atoms with Crippen molar-refractivity contribution in [1.82, 2.24) is 4.98 Å². The summed E-state index contributed by atoms with van der Waals surface area (Å²) in [6, 6.07) is 20.4. The van der Waals surface area contributed by atoms with Crippen molar-refractivity contribution >= 4 is 28.6 Å². The Balaban J connectivity index is 1.66. The normalized spacial score (nSPS) is 11.1. The summed E-state index contributed by atoms with van der Waals surface area (Å²) in [6.45, 7) is 6.36. The van der Waals surface area contributed by atoms with Gasteiger partial charge in [-0.2, -0.15) is 5.10 Å². The maximum atomic E-state index is 4.53. The van der Waals surface area contributed by atoms with E-state index in [0.717, 1.165) is 35.4 Å². The summed E-state index contributed by atoms with van der Waals surface area (Å²) in [5, 5.41) is 5.41. The Hall–Kier alpha value is -2.88. The molecule has 0 bridgehead atoms. The van der Waals surface area contributed by atoms with Crippen molar-refractivity contribution in [2.24, 2.45) is 5.10 Å². The van der Waals surface area contributed by atoms with Crippen LogP contribution in [0.5, 0.6) is 0 Å². The van der Waals surface area contributed by atoms with Crippen LogP contribution in [-0.4, -0.2) is 24.3 Å². The van der Waals surface area contributed by atoms with Crippen molar-refractivity contribution in [1.29, 1.82) is 0 Å². The zero-order valence-electron chi connectivity index (χ0n) is 14.1. The Labute approximate surface area is 142 Å². The fourth-order valence-corrected chi connectivity index (χ4v) is 2.66. The van der Waals surface area contributed by atoms with Gasteiger partial charge >= 0.3 is 0 Å². The second kappa shape index (κ2) is 7.59. The number of anilines is 2. The van der Waals surface area contributed by atoms with Crippen LogP contribution >= 0.6 is 0 Å². The van der Waals surface area contributed by atoms with Gasteiger partial charge in [-0.1, -0.05) is 30.3 Å². The average molecular weight is 318 g/mol. The molecule has 3 aromatic rings. The minimum atomic E-state index is 0.740. The number of aromatic nitrogens is 1. The molecule has 1 aromatic heterocycles. The van der Waals surface area contributed by atoms with Crippen LogP contribution in [0.1, 0.15) is 19.4 Å². The molecule has 3 rings (SSSR count). The van der Waals surface area contributed by atoms with E-state index < -0.39 is 0 Å². The maximum Gasteiger partial charge on any atom is 0.146 e. The van der Waals surface area contributed by atoms with Crippen LogP contribution in [0.3, 0.4) is 0 Å². The molecule has 0 atom stereocenters. The lowest BCUT2D eigenvalue weighted by Gasteiger charge is -2.20. The van der Waals surface area contributed by atoms with E-state index in [2.05, 4.69) is 58.5 Å². The molecule has 4 heteroatoms. The van der Waals surface area contributed by atoms with Gasteiger partial charge in [-0.15, -0.1) is 0 Å². The first-order valence-corrected chi connectivity index (χ1v) is 8.30. The molecular weight excluding hydrogens is 296 g/mol. The number of rotatable bonds is 6. The number of hydrogen-bond acceptors (Lipinski definition) is 4. The van der Waals surface area contributed by atoms with Gasteiger partial charge in [-0.05, 0) is 49.7 Å². The molecule has 1 heterocycles. The van der Waals surface area contributed by atoms with E-state index in [4.69, 9.17) is 0 Å². The topological polar surface area (TPSA) is 40.5 Å². The maximum absolute atomic E-state index is 4.53. The molecule has 0 aliphatic heterocycles. The second-order valence-corrected chi connectivity index (χ2v) is 5.52. The number of hydrogen-bond donors (Lipinski definition) is 1. The van der Waals surface area contributed by atoms with Crippen molar-refractivity contribution in [3.05, 3.63) is 66.2 Å². The van der Waals surface area contributed by atoms with Gasteiger partial charge in [0.2, 0.25) is 0 Å². The molecule has 0 amide bonds. The molecule has 0 saturated heterocycles. The van der Waals surface area contributed by atoms with Gasteiger partial charge in [0.1, 0.15) is 5.82 Å². The summed E-state index contributed by atoms with van der Waals surface area (Å²) in [7, 11) is 0. The highest BCUT2D eigenvalue weighted by Gasteiger charge is 2.00. The quantitative estimate of drug-likeness (QED) is 0.536. The van der Waals surface area contributed by atoms with E-state index in [1.165, 1.54) is 5.69 Å². The van der Waals surface area contributed by atoms with Crippen molar-refractivity contribution in [3.63, 3.8) is 0 Å². The Kier molecular flexibility index (Phi) is 5.06. The Morgan fingerprint density at radius 3 is 2.46 bits per heavy atom. The number of fused-ring (bicyclic) bond motifs is 1. The minimum absolute atomic E-state index is 0.740. The number of nitrogens with zero attached hydrogens (tertiary/aromatic N) is 3. The number of pyridine rings is 1. The van der Waals surface area contributed by atoms with Crippen molar-refractivity contribution < 1.29 is 0 Å². The number of hydrazone groups is 1. The lowest BCUT2D eigenvalue weighted by molar-refractivity contribution is 0.866. The summed E-state index contributed by atoms with van der Waals surface area (Å²) < 4.78 is 0. The zero-order valence-corrected chi connectivity index (χ0v) is 14.1. The van der Waals surface area contributed by atoms with Gasteiger partial charge in [-0.25, -0.2) is 4.98 Å². The van der Waals surface area contributed by atoms with Crippen LogP contribution in [0.15, 0.2) is 65.8 Å². The van der Waals surface area contributed by atoms with Crippen LogP contribution in [0, 0.1) is 0 Å². The summed E-state index contributed by atoms with van der Waals surface area (Å²) in [5.41, 5.74) is 6.24. The third kappa shape index (κ3) is 3.71. The third-order valence-electron chi connectivity index (χ3n) is 4.01.